The van der Waals surface area contributed by atoms with Crippen molar-refractivity contribution < 1.29 is 22.3 Å². The molecule has 1 aromatic carbocycles. The van der Waals surface area contributed by atoms with Gasteiger partial charge in [0.25, 0.3) is 0 Å². The molecule has 1 aliphatic heterocycles. The second kappa shape index (κ2) is 9.08. The van der Waals surface area contributed by atoms with Crippen LogP contribution in [0.4, 0.5) is 4.39 Å². The fourth-order valence-electron chi connectivity index (χ4n) is 3.97. The van der Waals surface area contributed by atoms with Crippen LogP contribution in [0.15, 0.2) is 35.6 Å². The third-order valence-corrected chi connectivity index (χ3v) is 7.44. The lowest BCUT2D eigenvalue weighted by Crippen LogP contribution is -2.33. The lowest BCUT2D eigenvalue weighted by Gasteiger charge is -2.23. The van der Waals surface area contributed by atoms with Gasteiger partial charge in [-0.3, -0.25) is 4.79 Å². The van der Waals surface area contributed by atoms with E-state index in [-0.39, 0.29) is 28.6 Å². The van der Waals surface area contributed by atoms with Gasteiger partial charge in [-0.05, 0) is 38.7 Å². The van der Waals surface area contributed by atoms with Crippen molar-refractivity contribution in [3.8, 4) is 0 Å². The average molecular weight is 450 g/mol. The van der Waals surface area contributed by atoms with Crippen LogP contribution in [0.2, 0.25) is 0 Å². The number of rotatable bonds is 9. The van der Waals surface area contributed by atoms with E-state index in [0.717, 1.165) is 25.7 Å². The predicted octanol–water partition coefficient (Wildman–Crippen LogP) is 2.93. The molecule has 0 bridgehead atoms. The van der Waals surface area contributed by atoms with Crippen LogP contribution in [0, 0.1) is 11.7 Å². The molecule has 1 unspecified atom stereocenters. The number of benzene rings is 1. The summed E-state index contributed by atoms with van der Waals surface area (Å²) >= 11 is 0. The Balaban J connectivity index is 1.64. The van der Waals surface area contributed by atoms with Crippen molar-refractivity contribution in [3.05, 3.63) is 47.5 Å². The van der Waals surface area contributed by atoms with Gasteiger partial charge in [0.2, 0.25) is 20.9 Å². The van der Waals surface area contributed by atoms with Crippen LogP contribution in [0.3, 0.4) is 0 Å². The molecule has 2 heterocycles. The van der Waals surface area contributed by atoms with Gasteiger partial charge in [0.05, 0.1) is 36.8 Å². The Morgan fingerprint density at radius 2 is 2.06 bits per heavy atom. The van der Waals surface area contributed by atoms with Gasteiger partial charge >= 0.3 is 0 Å². The number of aromatic nitrogens is 2. The van der Waals surface area contributed by atoms with Gasteiger partial charge in [0, 0.05) is 24.6 Å². The highest BCUT2D eigenvalue weighted by molar-refractivity contribution is 7.90. The number of nitrogens with zero attached hydrogens (tertiary/aromatic N) is 3. The summed E-state index contributed by atoms with van der Waals surface area (Å²) in [6, 6.07) is 5.85. The lowest BCUT2D eigenvalue weighted by atomic mass is 10.2. The van der Waals surface area contributed by atoms with Crippen molar-refractivity contribution in [3.63, 3.8) is 0 Å². The number of halogens is 1. The number of amides is 1. The first kappa shape index (κ1) is 22.0. The van der Waals surface area contributed by atoms with Crippen LogP contribution in [0.5, 0.6) is 0 Å². The van der Waals surface area contributed by atoms with Gasteiger partial charge in [-0.25, -0.2) is 17.8 Å². The molecule has 7 nitrogen and oxygen atoms in total. The van der Waals surface area contributed by atoms with E-state index in [0.29, 0.717) is 31.9 Å². The first-order valence-corrected chi connectivity index (χ1v) is 12.4. The normalized spacial score (nSPS) is 19.0. The molecule has 1 saturated carbocycles. The summed E-state index contributed by atoms with van der Waals surface area (Å²) in [5, 5.41) is -0.101. The molecule has 0 spiro atoms. The zero-order valence-electron chi connectivity index (χ0n) is 17.7. The average Bonchev–Trinajstić information content (AvgIpc) is 3.32. The summed E-state index contributed by atoms with van der Waals surface area (Å²) in [7, 11) is -3.90. The summed E-state index contributed by atoms with van der Waals surface area (Å²) in [6.45, 7) is 3.74. The fourth-order valence-corrected chi connectivity index (χ4v) is 5.48. The highest BCUT2D eigenvalue weighted by Gasteiger charge is 2.34. The Hall–Kier alpha value is -2.26. The third kappa shape index (κ3) is 4.98. The second-order valence-corrected chi connectivity index (χ2v) is 10.1. The van der Waals surface area contributed by atoms with Crippen molar-refractivity contribution in [1.82, 2.24) is 14.5 Å². The third-order valence-electron chi connectivity index (χ3n) is 5.87. The maximum Gasteiger partial charge on any atom is 0.228 e. The molecule has 1 saturated heterocycles. The van der Waals surface area contributed by atoms with E-state index in [4.69, 9.17) is 4.74 Å². The molecule has 4 rings (SSSR count). The molecule has 0 radical (unpaired) electrons. The van der Waals surface area contributed by atoms with E-state index in [1.165, 1.54) is 24.4 Å². The van der Waals surface area contributed by atoms with E-state index >= 15 is 0 Å². The smallest absolute Gasteiger partial charge is 0.228 e. The number of ether oxygens (including phenoxy) is 1. The lowest BCUT2D eigenvalue weighted by molar-refractivity contribution is -0.133. The number of hydrogen-bond acceptors (Lipinski definition) is 5. The van der Waals surface area contributed by atoms with Gasteiger partial charge in [-0.2, -0.15) is 0 Å². The highest BCUT2D eigenvalue weighted by atomic mass is 32.2. The van der Waals surface area contributed by atoms with Crippen LogP contribution in [-0.2, 0) is 38.2 Å². The molecule has 1 aliphatic carbocycles. The molecule has 2 fully saturated rings. The zero-order valence-corrected chi connectivity index (χ0v) is 18.5. The molecular formula is C22H28FN3O4S. The van der Waals surface area contributed by atoms with Crippen molar-refractivity contribution in [2.45, 2.75) is 62.7 Å². The Bertz CT molecular complexity index is 1040. The number of carbonyl (C=O) groups is 1. The standard InChI is InChI=1S/C22H28FN3O4S/c1-2-25(21(27)16-9-10-16)13-18-12-24-22(26(18)14-19-7-5-11-30-19)31(28,29)15-17-6-3-4-8-20(17)23/h3-4,6,8,12,16,19H,2,5,7,9-11,13-15H2,1H3. The van der Waals surface area contributed by atoms with Gasteiger partial charge in [0.1, 0.15) is 5.82 Å². The van der Waals surface area contributed by atoms with Gasteiger partial charge in [-0.1, -0.05) is 18.2 Å². The molecular weight excluding hydrogens is 421 g/mol. The maximum absolute atomic E-state index is 14.1. The fraction of sp³-hybridized carbons (Fsp3) is 0.545. The van der Waals surface area contributed by atoms with Gasteiger partial charge in [0.15, 0.2) is 0 Å². The predicted molar refractivity (Wildman–Crippen MR) is 112 cm³/mol. The van der Waals surface area contributed by atoms with Crippen molar-refractivity contribution in [2.24, 2.45) is 5.92 Å². The Morgan fingerprint density at radius 1 is 1.29 bits per heavy atom. The molecule has 2 aliphatic rings. The van der Waals surface area contributed by atoms with Gasteiger partial charge < -0.3 is 14.2 Å². The molecule has 1 atom stereocenters. The van der Waals surface area contributed by atoms with Crippen molar-refractivity contribution in [1.29, 1.82) is 0 Å². The van der Waals surface area contributed by atoms with Gasteiger partial charge in [-0.15, -0.1) is 0 Å². The zero-order chi connectivity index (χ0) is 22.0. The first-order chi connectivity index (χ1) is 14.9. The Labute approximate surface area is 182 Å². The van der Waals surface area contributed by atoms with Crippen LogP contribution in [-0.4, -0.2) is 48.0 Å². The number of imidazole rings is 1. The summed E-state index contributed by atoms with van der Waals surface area (Å²) < 4.78 is 47.9. The van der Waals surface area contributed by atoms with E-state index in [1.54, 1.807) is 15.5 Å². The summed E-state index contributed by atoms with van der Waals surface area (Å²) in [6.07, 6.45) is 4.99. The Morgan fingerprint density at radius 3 is 2.71 bits per heavy atom. The van der Waals surface area contributed by atoms with E-state index in [1.807, 2.05) is 6.92 Å². The Kier molecular flexibility index (Phi) is 6.43. The minimum Gasteiger partial charge on any atom is -0.376 e. The minimum absolute atomic E-state index is 0.0822. The van der Waals surface area contributed by atoms with E-state index in [9.17, 15) is 17.6 Å². The van der Waals surface area contributed by atoms with Crippen LogP contribution in [0.1, 0.15) is 43.9 Å². The van der Waals surface area contributed by atoms with E-state index in [2.05, 4.69) is 4.98 Å². The quantitative estimate of drug-likeness (QED) is 0.588. The summed E-state index contributed by atoms with van der Waals surface area (Å²) in [4.78, 5) is 18.6. The molecule has 9 heteroatoms. The summed E-state index contributed by atoms with van der Waals surface area (Å²) in [5.74, 6) is -0.849. The molecule has 1 amide bonds. The number of hydrogen-bond donors (Lipinski definition) is 0. The van der Waals surface area contributed by atoms with Crippen LogP contribution < -0.4 is 0 Å². The van der Waals surface area contributed by atoms with Crippen molar-refractivity contribution >= 4 is 15.7 Å². The largest absolute Gasteiger partial charge is 0.376 e. The molecule has 31 heavy (non-hydrogen) atoms. The second-order valence-electron chi connectivity index (χ2n) is 8.25. The molecule has 1 aromatic heterocycles. The molecule has 2 aromatic rings. The summed E-state index contributed by atoms with van der Waals surface area (Å²) in [5.41, 5.74) is 0.758. The highest BCUT2D eigenvalue weighted by Crippen LogP contribution is 2.32. The number of carbonyl (C=O) groups excluding carboxylic acids is 1. The molecule has 0 N–H and O–H groups in total. The SMILES string of the molecule is CCN(Cc1cnc(S(=O)(=O)Cc2ccccc2F)n1CC1CCCO1)C(=O)C1CC1. The maximum atomic E-state index is 14.1. The minimum atomic E-state index is -3.90. The topological polar surface area (TPSA) is 81.5 Å². The van der Waals surface area contributed by atoms with Crippen LogP contribution in [0.25, 0.3) is 0 Å². The monoisotopic (exact) mass is 449 g/mol. The van der Waals surface area contributed by atoms with Crippen molar-refractivity contribution in [2.75, 3.05) is 13.2 Å². The van der Waals surface area contributed by atoms with E-state index < -0.39 is 21.4 Å². The van der Waals surface area contributed by atoms with Crippen LogP contribution >= 0.6 is 0 Å². The first-order valence-electron chi connectivity index (χ1n) is 10.8. The molecule has 168 valence electrons. The number of sulfone groups is 1.